The Balaban J connectivity index is 1.42. The highest BCUT2D eigenvalue weighted by molar-refractivity contribution is 7.72. The Morgan fingerprint density at radius 3 is 2.50 bits per heavy atom. The van der Waals surface area contributed by atoms with Gasteiger partial charge >= 0.3 is 0 Å². The summed E-state index contributed by atoms with van der Waals surface area (Å²) >= 11 is 0. The lowest BCUT2D eigenvalue weighted by molar-refractivity contribution is 0.203. The third-order valence-corrected chi connectivity index (χ3v) is 7.36. The molecule has 0 N–H and O–H groups in total. The Morgan fingerprint density at radius 1 is 1.00 bits per heavy atom. The molecule has 1 aliphatic heterocycles. The number of rotatable bonds is 8. The molecular weight excluding hydrogens is 452 g/mol. The molecule has 0 bridgehead atoms. The number of likely N-dealkylation sites (tertiary alicyclic amines) is 1. The molecule has 0 amide bonds. The van der Waals surface area contributed by atoms with E-state index in [1.54, 1.807) is 6.20 Å². The van der Waals surface area contributed by atoms with Gasteiger partial charge in [0.2, 0.25) is 0 Å². The summed E-state index contributed by atoms with van der Waals surface area (Å²) in [6, 6.07) is 2.59. The molecule has 0 unspecified atom stereocenters. The van der Waals surface area contributed by atoms with Gasteiger partial charge in [0.25, 0.3) is 0 Å². The number of aromatic nitrogens is 7. The Morgan fingerprint density at radius 2 is 1.76 bits per heavy atom. The minimum atomic E-state index is -2.37. The van der Waals surface area contributed by atoms with Crippen molar-refractivity contribution in [3.8, 4) is 22.5 Å². The third kappa shape index (κ3) is 4.49. The van der Waals surface area contributed by atoms with Crippen LogP contribution in [-0.2, 0) is 10.7 Å². The molecule has 0 radical (unpaired) electrons. The lowest BCUT2D eigenvalue weighted by atomic mass is 10.1. The van der Waals surface area contributed by atoms with Crippen molar-refractivity contribution in [1.29, 1.82) is 0 Å². The summed E-state index contributed by atoms with van der Waals surface area (Å²) in [4.78, 5) is 6.98. The van der Waals surface area contributed by atoms with E-state index in [0.29, 0.717) is 6.04 Å². The Bertz CT molecular complexity index is 1330. The van der Waals surface area contributed by atoms with Crippen molar-refractivity contribution < 1.29 is 8.42 Å². The summed E-state index contributed by atoms with van der Waals surface area (Å²) in [6.45, 7) is 5.86. The molecule has 0 aromatic carbocycles. The maximum Gasteiger partial charge on any atom is 0.153 e. The second-order valence-corrected chi connectivity index (χ2v) is 9.80. The van der Waals surface area contributed by atoms with Crippen molar-refractivity contribution in [2.24, 2.45) is 0 Å². The van der Waals surface area contributed by atoms with Crippen LogP contribution < -0.4 is 0 Å². The molecule has 11 heteroatoms. The van der Waals surface area contributed by atoms with Crippen LogP contribution in [0.4, 0.5) is 0 Å². The predicted molar refractivity (Wildman–Crippen MR) is 130 cm³/mol. The topological polar surface area (TPSA) is 103 Å². The molecule has 5 heterocycles. The van der Waals surface area contributed by atoms with Crippen molar-refractivity contribution in [2.75, 3.05) is 19.0 Å². The fourth-order valence-corrected chi connectivity index (χ4v) is 5.37. The molecule has 0 spiro atoms. The lowest BCUT2D eigenvalue weighted by Gasteiger charge is -2.30. The van der Waals surface area contributed by atoms with Crippen molar-refractivity contribution >= 4 is 16.2 Å². The van der Waals surface area contributed by atoms with Crippen LogP contribution in [0.5, 0.6) is 0 Å². The molecule has 180 valence electrons. The second-order valence-electron chi connectivity index (χ2n) is 8.85. The van der Waals surface area contributed by atoms with Crippen molar-refractivity contribution in [3.05, 3.63) is 43.2 Å². The largest absolute Gasteiger partial charge is 0.290 e. The molecule has 4 aromatic heterocycles. The minimum absolute atomic E-state index is 0.136. The van der Waals surface area contributed by atoms with Crippen LogP contribution in [0.15, 0.2) is 43.2 Å². The number of fused-ring (bicyclic) bond motifs is 1. The molecule has 1 aliphatic rings. The Hall–Kier alpha value is -3.05. The first-order valence-electron chi connectivity index (χ1n) is 11.8. The smallest absolute Gasteiger partial charge is 0.153 e. The SMILES string of the molecule is CCC(CC)n1cc(-c2nc(-c3cnn(C4CCN(C[SH](=O)=O)CC4)c3)cn3nccc23)cn1. The van der Waals surface area contributed by atoms with Crippen molar-refractivity contribution in [3.63, 3.8) is 0 Å². The van der Waals surface area contributed by atoms with E-state index in [4.69, 9.17) is 4.98 Å². The summed E-state index contributed by atoms with van der Waals surface area (Å²) in [5.74, 6) is 0.136. The number of hydrogen-bond acceptors (Lipinski definition) is 7. The first kappa shape index (κ1) is 22.7. The Labute approximate surface area is 200 Å². The average Bonchev–Trinajstić information content (AvgIpc) is 3.60. The molecule has 1 saturated heterocycles. The summed E-state index contributed by atoms with van der Waals surface area (Å²) in [6.07, 6.45) is 15.3. The molecule has 4 aromatic rings. The summed E-state index contributed by atoms with van der Waals surface area (Å²) in [5.41, 5.74) is 4.48. The second kappa shape index (κ2) is 9.67. The lowest BCUT2D eigenvalue weighted by Crippen LogP contribution is -2.35. The summed E-state index contributed by atoms with van der Waals surface area (Å²) in [5, 5.41) is 13.7. The zero-order valence-corrected chi connectivity index (χ0v) is 20.4. The summed E-state index contributed by atoms with van der Waals surface area (Å²) < 4.78 is 27.9. The highest BCUT2D eigenvalue weighted by atomic mass is 32.2. The van der Waals surface area contributed by atoms with E-state index < -0.39 is 10.7 Å². The maximum atomic E-state index is 11.0. The van der Waals surface area contributed by atoms with Crippen molar-refractivity contribution in [1.82, 2.24) is 39.1 Å². The van der Waals surface area contributed by atoms with Crippen LogP contribution in [0.2, 0.25) is 0 Å². The van der Waals surface area contributed by atoms with E-state index in [9.17, 15) is 8.42 Å². The molecule has 1 fully saturated rings. The fourth-order valence-electron chi connectivity index (χ4n) is 4.76. The van der Waals surface area contributed by atoms with Crippen LogP contribution in [0.25, 0.3) is 28.0 Å². The van der Waals surface area contributed by atoms with Crippen LogP contribution >= 0.6 is 0 Å². The van der Waals surface area contributed by atoms with Gasteiger partial charge in [0.1, 0.15) is 0 Å². The molecule has 5 rings (SSSR count). The van der Waals surface area contributed by atoms with E-state index in [0.717, 1.165) is 66.8 Å². The van der Waals surface area contributed by atoms with E-state index >= 15 is 0 Å². The van der Waals surface area contributed by atoms with E-state index in [1.807, 2.05) is 49.6 Å². The zero-order chi connectivity index (χ0) is 23.7. The van der Waals surface area contributed by atoms with Gasteiger partial charge in [0.05, 0.1) is 59.7 Å². The highest BCUT2D eigenvalue weighted by Gasteiger charge is 2.22. The molecule has 0 atom stereocenters. The van der Waals surface area contributed by atoms with Crippen molar-refractivity contribution in [2.45, 2.75) is 51.6 Å². The molecule has 10 nitrogen and oxygen atoms in total. The van der Waals surface area contributed by atoms with Gasteiger partial charge in [-0.25, -0.2) is 17.9 Å². The quantitative estimate of drug-likeness (QED) is 0.385. The van der Waals surface area contributed by atoms with Crippen LogP contribution in [0, 0.1) is 0 Å². The van der Waals surface area contributed by atoms with Crippen LogP contribution in [-0.4, -0.2) is 66.4 Å². The van der Waals surface area contributed by atoms with E-state index in [-0.39, 0.29) is 11.9 Å². The first-order chi connectivity index (χ1) is 16.6. The van der Waals surface area contributed by atoms with E-state index in [1.165, 1.54) is 0 Å². The van der Waals surface area contributed by atoms with Gasteiger partial charge < -0.3 is 0 Å². The number of hydrogen-bond donors (Lipinski definition) is 1. The maximum absolute atomic E-state index is 11.0. The first-order valence-corrected chi connectivity index (χ1v) is 13.2. The van der Waals surface area contributed by atoms with Gasteiger partial charge in [-0.2, -0.15) is 15.3 Å². The average molecular weight is 483 g/mol. The van der Waals surface area contributed by atoms with Crippen LogP contribution in [0.3, 0.4) is 0 Å². The number of nitrogens with zero attached hydrogens (tertiary/aromatic N) is 8. The molecule has 0 saturated carbocycles. The van der Waals surface area contributed by atoms with Gasteiger partial charge in [-0.15, -0.1) is 0 Å². The highest BCUT2D eigenvalue weighted by Crippen LogP contribution is 2.29. The Kier molecular flexibility index (Phi) is 6.46. The van der Waals surface area contributed by atoms with E-state index in [2.05, 4.69) is 35.3 Å². The summed E-state index contributed by atoms with van der Waals surface area (Å²) in [7, 11) is -2.37. The van der Waals surface area contributed by atoms with Gasteiger partial charge in [-0.05, 0) is 31.7 Å². The molecule has 34 heavy (non-hydrogen) atoms. The van der Waals surface area contributed by atoms with Gasteiger partial charge in [-0.1, -0.05) is 13.8 Å². The molecular formula is C23H30N8O2S. The van der Waals surface area contributed by atoms with Gasteiger partial charge in [-0.3, -0.25) is 14.3 Å². The number of thiol groups is 1. The normalized spacial score (nSPS) is 15.8. The molecule has 0 aliphatic carbocycles. The monoisotopic (exact) mass is 482 g/mol. The zero-order valence-electron chi connectivity index (χ0n) is 19.5. The minimum Gasteiger partial charge on any atom is -0.290 e. The van der Waals surface area contributed by atoms with Crippen LogP contribution in [0.1, 0.15) is 51.6 Å². The number of piperidine rings is 1. The van der Waals surface area contributed by atoms with Gasteiger partial charge in [0.15, 0.2) is 10.7 Å². The third-order valence-electron chi connectivity index (χ3n) is 6.73. The predicted octanol–water partition coefficient (Wildman–Crippen LogP) is 3.02. The standard InChI is InChI=1S/C23H30N8O2S/c1-3-19(4-2)29-14-18(12-26-29)23-22-5-8-24-31(22)15-21(27-23)17-11-25-30(13-17)20-6-9-28(10-7-20)16-34(32)33/h5,8,11-15,19-20,34H,3-4,6-7,9-10,16H2,1-2H3. The van der Waals surface area contributed by atoms with Gasteiger partial charge in [0, 0.05) is 36.6 Å². The fraction of sp³-hybridized carbons (Fsp3) is 0.478.